The van der Waals surface area contributed by atoms with Crippen LogP contribution >= 0.6 is 0 Å². The second-order valence-corrected chi connectivity index (χ2v) is 3.46. The van der Waals surface area contributed by atoms with Gasteiger partial charge >= 0.3 is 5.97 Å². The molecule has 1 aromatic carbocycles. The van der Waals surface area contributed by atoms with Crippen LogP contribution in [0.4, 0.5) is 0 Å². The van der Waals surface area contributed by atoms with Gasteiger partial charge in [0.25, 0.3) is 0 Å². The number of carbonyl (C=O) groups excluding carboxylic acids is 1. The van der Waals surface area contributed by atoms with Crippen molar-refractivity contribution in [2.45, 2.75) is 20.0 Å². The molecule has 90 valence electrons. The predicted octanol–water partition coefficient (Wildman–Crippen LogP) is 1.79. The number of hydrogen-bond donors (Lipinski definition) is 1. The minimum Gasteiger partial charge on any atom is -0.476 e. The summed E-state index contributed by atoms with van der Waals surface area (Å²) in [7, 11) is 0. The Labute approximate surface area is 98.7 Å². The third-order valence-electron chi connectivity index (χ3n) is 2.11. The molecule has 1 unspecified atom stereocenters. The lowest BCUT2D eigenvalue weighted by Gasteiger charge is -2.09. The average molecular weight is 235 g/mol. The van der Waals surface area contributed by atoms with Gasteiger partial charge in [-0.15, -0.1) is 0 Å². The van der Waals surface area contributed by atoms with E-state index in [4.69, 9.17) is 9.94 Å². The van der Waals surface area contributed by atoms with Crippen molar-refractivity contribution in [1.82, 2.24) is 0 Å². The van der Waals surface area contributed by atoms with Crippen LogP contribution in [0.5, 0.6) is 0 Å². The molecule has 5 heteroatoms. The molecule has 0 aliphatic rings. The molecule has 0 saturated carbocycles. The molecule has 0 amide bonds. The highest BCUT2D eigenvalue weighted by molar-refractivity contribution is 6.63. The van der Waals surface area contributed by atoms with Gasteiger partial charge in [0.2, 0.25) is 5.71 Å². The third kappa shape index (κ3) is 3.71. The summed E-state index contributed by atoms with van der Waals surface area (Å²) >= 11 is 0. The molecular weight excluding hydrogens is 222 g/mol. The number of benzene rings is 1. The Morgan fingerprint density at radius 3 is 2.35 bits per heavy atom. The Morgan fingerprint density at radius 1 is 1.29 bits per heavy atom. The van der Waals surface area contributed by atoms with Gasteiger partial charge in [-0.25, -0.2) is 4.79 Å². The van der Waals surface area contributed by atoms with Gasteiger partial charge in [0, 0.05) is 6.92 Å². The lowest BCUT2D eigenvalue weighted by Crippen LogP contribution is -2.21. The number of carboxylic acid groups (broad SMARTS) is 1. The number of hydrogen-bond acceptors (Lipinski definition) is 4. The van der Waals surface area contributed by atoms with Crippen molar-refractivity contribution in [1.29, 1.82) is 0 Å². The average Bonchev–Trinajstić information content (AvgIpc) is 2.29. The van der Waals surface area contributed by atoms with Gasteiger partial charge in [0.1, 0.15) is 6.10 Å². The number of Topliss-reactive ketones (excluding diaryl/α,β-unsaturated/α-hetero) is 1. The summed E-state index contributed by atoms with van der Waals surface area (Å²) in [5.74, 6) is -2.03. The fraction of sp³-hybridized carbons (Fsp3) is 0.250. The van der Waals surface area contributed by atoms with E-state index in [0.29, 0.717) is 0 Å². The van der Waals surface area contributed by atoms with E-state index in [2.05, 4.69) is 5.16 Å². The number of rotatable bonds is 5. The van der Waals surface area contributed by atoms with Crippen molar-refractivity contribution in [3.05, 3.63) is 35.9 Å². The van der Waals surface area contributed by atoms with E-state index in [1.807, 2.05) is 30.3 Å². The van der Waals surface area contributed by atoms with Gasteiger partial charge in [0.05, 0.1) is 0 Å². The molecule has 1 rings (SSSR count). The molecule has 0 radical (unpaired) electrons. The van der Waals surface area contributed by atoms with Gasteiger partial charge < -0.3 is 9.94 Å². The summed E-state index contributed by atoms with van der Waals surface area (Å²) in [6.45, 7) is 2.85. The Hall–Kier alpha value is -2.17. The molecule has 0 spiro atoms. The molecule has 0 heterocycles. The summed E-state index contributed by atoms with van der Waals surface area (Å²) in [5, 5.41) is 12.1. The molecule has 1 N–H and O–H groups in total. The quantitative estimate of drug-likeness (QED) is 0.479. The summed E-state index contributed by atoms with van der Waals surface area (Å²) in [5.41, 5.74) is 0.248. The minimum atomic E-state index is -1.39. The first-order chi connectivity index (χ1) is 8.02. The van der Waals surface area contributed by atoms with E-state index in [1.165, 1.54) is 0 Å². The Balaban J connectivity index is 2.75. The first kappa shape index (κ1) is 12.9. The minimum absolute atomic E-state index is 0.412. The van der Waals surface area contributed by atoms with Crippen molar-refractivity contribution >= 4 is 17.5 Å². The van der Waals surface area contributed by atoms with Crippen LogP contribution in [0.3, 0.4) is 0 Å². The fourth-order valence-corrected chi connectivity index (χ4v) is 1.17. The zero-order valence-corrected chi connectivity index (χ0v) is 9.58. The number of carboxylic acids is 1. The Morgan fingerprint density at radius 2 is 1.88 bits per heavy atom. The summed E-state index contributed by atoms with van der Waals surface area (Å²) in [6.07, 6.45) is -0.412. The van der Waals surface area contributed by atoms with Crippen LogP contribution < -0.4 is 0 Å². The highest BCUT2D eigenvalue weighted by Gasteiger charge is 2.17. The molecule has 0 saturated heterocycles. The summed E-state index contributed by atoms with van der Waals surface area (Å²) < 4.78 is 0. The van der Waals surface area contributed by atoms with Crippen LogP contribution in [0.15, 0.2) is 35.5 Å². The normalized spacial score (nSPS) is 12.9. The first-order valence-corrected chi connectivity index (χ1v) is 5.05. The molecule has 0 aliphatic carbocycles. The van der Waals surface area contributed by atoms with Gasteiger partial charge in [0.15, 0.2) is 5.78 Å². The van der Waals surface area contributed by atoms with Crippen LogP contribution in [0.25, 0.3) is 0 Å². The van der Waals surface area contributed by atoms with Crippen LogP contribution in [-0.2, 0) is 14.4 Å². The fourth-order valence-electron chi connectivity index (χ4n) is 1.17. The maximum Gasteiger partial charge on any atom is 0.361 e. The Bertz CT molecular complexity index is 423. The van der Waals surface area contributed by atoms with Gasteiger partial charge in [-0.05, 0) is 12.5 Å². The molecular formula is C12H13NO4. The zero-order valence-electron chi connectivity index (χ0n) is 9.58. The van der Waals surface area contributed by atoms with Crippen LogP contribution in [0.2, 0.25) is 0 Å². The maximum atomic E-state index is 10.9. The smallest absolute Gasteiger partial charge is 0.361 e. The van der Waals surface area contributed by atoms with Crippen molar-refractivity contribution in [2.75, 3.05) is 0 Å². The number of oxime groups is 1. The first-order valence-electron chi connectivity index (χ1n) is 5.05. The molecule has 5 nitrogen and oxygen atoms in total. The molecule has 1 atom stereocenters. The SMILES string of the molecule is CC(=O)/C(=N/OC(C)c1ccccc1)C(=O)O. The number of nitrogens with zero attached hydrogens (tertiary/aromatic N) is 1. The van der Waals surface area contributed by atoms with Gasteiger partial charge in [-0.3, -0.25) is 4.79 Å². The van der Waals surface area contributed by atoms with Crippen LogP contribution in [-0.4, -0.2) is 22.6 Å². The second kappa shape index (κ2) is 5.79. The summed E-state index contributed by atoms with van der Waals surface area (Å²) in [4.78, 5) is 26.6. The zero-order chi connectivity index (χ0) is 12.8. The van der Waals surface area contributed by atoms with Crippen molar-refractivity contribution in [2.24, 2.45) is 5.16 Å². The Kier molecular flexibility index (Phi) is 4.39. The van der Waals surface area contributed by atoms with Crippen molar-refractivity contribution < 1.29 is 19.5 Å². The maximum absolute atomic E-state index is 10.9. The second-order valence-electron chi connectivity index (χ2n) is 3.46. The van der Waals surface area contributed by atoms with Gasteiger partial charge in [-0.1, -0.05) is 35.5 Å². The number of carbonyl (C=O) groups is 2. The highest BCUT2D eigenvalue weighted by atomic mass is 16.6. The third-order valence-corrected chi connectivity index (χ3v) is 2.11. The highest BCUT2D eigenvalue weighted by Crippen LogP contribution is 2.16. The van der Waals surface area contributed by atoms with Crippen molar-refractivity contribution in [3.8, 4) is 0 Å². The molecule has 0 bridgehead atoms. The molecule has 0 aliphatic heterocycles. The summed E-state index contributed by atoms with van der Waals surface area (Å²) in [6, 6.07) is 9.19. The van der Waals surface area contributed by atoms with E-state index in [1.54, 1.807) is 6.92 Å². The predicted molar refractivity (Wildman–Crippen MR) is 61.7 cm³/mol. The van der Waals surface area contributed by atoms with E-state index >= 15 is 0 Å². The van der Waals surface area contributed by atoms with Gasteiger partial charge in [-0.2, -0.15) is 0 Å². The van der Waals surface area contributed by atoms with E-state index in [0.717, 1.165) is 12.5 Å². The lowest BCUT2D eigenvalue weighted by molar-refractivity contribution is -0.130. The van der Waals surface area contributed by atoms with E-state index in [-0.39, 0.29) is 0 Å². The molecule has 0 fully saturated rings. The standard InChI is InChI=1S/C12H13NO4/c1-8(14)11(12(15)16)13-17-9(2)10-6-4-3-5-7-10/h3-7,9H,1-2H3,(H,15,16)/b13-11-. The number of aliphatic carboxylic acids is 1. The molecule has 17 heavy (non-hydrogen) atoms. The molecule has 1 aromatic rings. The lowest BCUT2D eigenvalue weighted by atomic mass is 10.1. The largest absolute Gasteiger partial charge is 0.476 e. The van der Waals surface area contributed by atoms with Crippen LogP contribution in [0, 0.1) is 0 Å². The van der Waals surface area contributed by atoms with Crippen LogP contribution in [0.1, 0.15) is 25.5 Å². The molecule has 0 aromatic heterocycles. The topological polar surface area (TPSA) is 76.0 Å². The van der Waals surface area contributed by atoms with Crippen molar-refractivity contribution in [3.63, 3.8) is 0 Å². The number of ketones is 1. The van der Waals surface area contributed by atoms with E-state index in [9.17, 15) is 9.59 Å². The monoisotopic (exact) mass is 235 g/mol. The van der Waals surface area contributed by atoms with E-state index < -0.39 is 23.6 Å².